The van der Waals surface area contributed by atoms with Crippen LogP contribution in [0, 0.1) is 0 Å². The van der Waals surface area contributed by atoms with E-state index in [1.165, 1.54) is 33.8 Å². The van der Waals surface area contributed by atoms with Crippen LogP contribution >= 0.6 is 22.7 Å². The first kappa shape index (κ1) is 27.4. The third-order valence-electron chi connectivity index (χ3n) is 6.58. The molecule has 0 fully saturated rings. The number of carbonyl (C=O) groups is 2. The number of benzene rings is 3. The second-order valence-electron chi connectivity index (χ2n) is 10.1. The van der Waals surface area contributed by atoms with Gasteiger partial charge in [-0.25, -0.2) is 9.97 Å². The summed E-state index contributed by atoms with van der Waals surface area (Å²) in [5.41, 5.74) is 6.89. The number of hydrogen-bond acceptors (Lipinski definition) is 6. The standard InChI is InChI=1S/C32H30N4O2S2/c1-19(2)21-8-12-23(13-9-21)27-17-39-31(33-27)35-29(37)25-6-5-7-26(16-25)30(38)36-32-34-28(18-40-32)24-14-10-22(11-15-24)20(3)4/h5-20H,1-4H3,(H,33,35,37)(H,34,36,38). The summed E-state index contributed by atoms with van der Waals surface area (Å²) >= 11 is 2.73. The van der Waals surface area contributed by atoms with Crippen molar-refractivity contribution < 1.29 is 9.59 Å². The summed E-state index contributed by atoms with van der Waals surface area (Å²) in [5.74, 6) is 0.270. The van der Waals surface area contributed by atoms with Crippen molar-refractivity contribution in [3.05, 3.63) is 106 Å². The lowest BCUT2D eigenvalue weighted by Gasteiger charge is -2.06. The van der Waals surface area contributed by atoms with E-state index in [-0.39, 0.29) is 11.8 Å². The van der Waals surface area contributed by atoms with Crippen molar-refractivity contribution in [2.45, 2.75) is 39.5 Å². The van der Waals surface area contributed by atoms with Gasteiger partial charge < -0.3 is 0 Å². The van der Waals surface area contributed by atoms with Crippen molar-refractivity contribution in [2.24, 2.45) is 0 Å². The van der Waals surface area contributed by atoms with E-state index < -0.39 is 0 Å². The molecule has 40 heavy (non-hydrogen) atoms. The van der Waals surface area contributed by atoms with Crippen LogP contribution in [0.1, 0.15) is 71.4 Å². The van der Waals surface area contributed by atoms with Crippen LogP contribution < -0.4 is 10.6 Å². The number of carbonyl (C=O) groups excluding carboxylic acids is 2. The van der Waals surface area contributed by atoms with Crippen molar-refractivity contribution >= 4 is 44.8 Å². The fourth-order valence-corrected chi connectivity index (χ4v) is 5.57. The molecule has 0 spiro atoms. The Morgan fingerprint density at radius 2 is 1.02 bits per heavy atom. The van der Waals surface area contributed by atoms with E-state index >= 15 is 0 Å². The molecule has 0 saturated heterocycles. The number of amides is 2. The zero-order valence-corrected chi connectivity index (χ0v) is 24.4. The molecule has 0 aliphatic rings. The molecule has 0 unspecified atom stereocenters. The molecule has 0 radical (unpaired) electrons. The number of rotatable bonds is 8. The highest BCUT2D eigenvalue weighted by atomic mass is 32.1. The second-order valence-corrected chi connectivity index (χ2v) is 11.8. The molecule has 5 rings (SSSR count). The summed E-state index contributed by atoms with van der Waals surface area (Å²) in [6.07, 6.45) is 0. The van der Waals surface area contributed by atoms with E-state index in [1.807, 2.05) is 35.0 Å². The Kier molecular flexibility index (Phi) is 8.19. The fourth-order valence-electron chi connectivity index (χ4n) is 4.15. The minimum Gasteiger partial charge on any atom is -0.298 e. The van der Waals surface area contributed by atoms with Crippen molar-refractivity contribution in [1.29, 1.82) is 0 Å². The highest BCUT2D eigenvalue weighted by molar-refractivity contribution is 7.14. The predicted octanol–water partition coefficient (Wildman–Crippen LogP) is 8.69. The van der Waals surface area contributed by atoms with Gasteiger partial charge in [0.05, 0.1) is 11.4 Å². The maximum absolute atomic E-state index is 13.0. The van der Waals surface area contributed by atoms with E-state index in [0.29, 0.717) is 33.2 Å². The molecule has 8 heteroatoms. The van der Waals surface area contributed by atoms with Gasteiger partial charge in [0.25, 0.3) is 11.8 Å². The monoisotopic (exact) mass is 566 g/mol. The van der Waals surface area contributed by atoms with E-state index in [4.69, 9.17) is 0 Å². The Labute approximate surface area is 242 Å². The SMILES string of the molecule is CC(C)c1ccc(-c2csc(NC(=O)c3cccc(C(=O)Nc4nc(-c5ccc(C(C)C)cc5)cs4)c3)n2)cc1. The van der Waals surface area contributed by atoms with Gasteiger partial charge >= 0.3 is 0 Å². The Balaban J connectivity index is 1.23. The van der Waals surface area contributed by atoms with Crippen molar-refractivity contribution in [1.82, 2.24) is 9.97 Å². The Hall–Kier alpha value is -4.14. The van der Waals surface area contributed by atoms with Gasteiger partial charge in [0, 0.05) is 33.0 Å². The third kappa shape index (κ3) is 6.35. The first-order valence-electron chi connectivity index (χ1n) is 13.1. The number of aromatic nitrogens is 2. The maximum Gasteiger partial charge on any atom is 0.257 e. The summed E-state index contributed by atoms with van der Waals surface area (Å²) in [7, 11) is 0. The molecule has 3 aromatic carbocycles. The van der Waals surface area contributed by atoms with Crippen LogP contribution in [0.5, 0.6) is 0 Å². The van der Waals surface area contributed by atoms with Crippen LogP contribution in [0.25, 0.3) is 22.5 Å². The molecule has 0 saturated carbocycles. The highest BCUT2D eigenvalue weighted by Gasteiger charge is 2.15. The van der Waals surface area contributed by atoms with E-state index in [9.17, 15) is 9.59 Å². The minimum atomic E-state index is -0.327. The van der Waals surface area contributed by atoms with Crippen LogP contribution in [-0.2, 0) is 0 Å². The number of nitrogens with one attached hydrogen (secondary N) is 2. The topological polar surface area (TPSA) is 84.0 Å². The molecule has 2 heterocycles. The zero-order chi connectivity index (χ0) is 28.2. The lowest BCUT2D eigenvalue weighted by molar-refractivity contribution is 0.102. The summed E-state index contributed by atoms with van der Waals surface area (Å²) in [6.45, 7) is 8.64. The van der Waals surface area contributed by atoms with E-state index in [2.05, 4.69) is 72.6 Å². The first-order chi connectivity index (χ1) is 19.3. The van der Waals surface area contributed by atoms with E-state index in [1.54, 1.807) is 24.3 Å². The van der Waals surface area contributed by atoms with Gasteiger partial charge in [0.1, 0.15) is 0 Å². The molecule has 0 atom stereocenters. The molecule has 202 valence electrons. The highest BCUT2D eigenvalue weighted by Crippen LogP contribution is 2.28. The molecular formula is C32H30N4O2S2. The van der Waals surface area contributed by atoms with Crippen LogP contribution in [0.2, 0.25) is 0 Å². The average Bonchev–Trinajstić information content (AvgIpc) is 3.63. The smallest absolute Gasteiger partial charge is 0.257 e. The molecule has 0 bridgehead atoms. The lowest BCUT2D eigenvalue weighted by atomic mass is 10.0. The van der Waals surface area contributed by atoms with Gasteiger partial charge in [-0.1, -0.05) is 82.3 Å². The molecule has 2 amide bonds. The van der Waals surface area contributed by atoms with Gasteiger partial charge in [0.15, 0.2) is 10.3 Å². The number of hydrogen-bond donors (Lipinski definition) is 2. The van der Waals surface area contributed by atoms with Gasteiger partial charge in [-0.2, -0.15) is 0 Å². The average molecular weight is 567 g/mol. The van der Waals surface area contributed by atoms with Crippen LogP contribution in [-0.4, -0.2) is 21.8 Å². The Morgan fingerprint density at radius 3 is 1.40 bits per heavy atom. The number of thiazole rings is 2. The molecule has 2 aromatic heterocycles. The number of nitrogens with zero attached hydrogens (tertiary/aromatic N) is 2. The lowest BCUT2D eigenvalue weighted by Crippen LogP contribution is -2.15. The summed E-state index contributed by atoms with van der Waals surface area (Å²) in [6, 6.07) is 23.2. The van der Waals surface area contributed by atoms with Gasteiger partial charge in [-0.05, 0) is 41.2 Å². The van der Waals surface area contributed by atoms with Crippen molar-refractivity contribution in [2.75, 3.05) is 10.6 Å². The predicted molar refractivity (Wildman–Crippen MR) is 166 cm³/mol. The first-order valence-corrected chi connectivity index (χ1v) is 14.9. The minimum absolute atomic E-state index is 0.327. The Morgan fingerprint density at radius 1 is 0.625 bits per heavy atom. The molecule has 0 aliphatic heterocycles. The maximum atomic E-state index is 13.0. The summed E-state index contributed by atoms with van der Waals surface area (Å²) in [4.78, 5) is 35.1. The van der Waals surface area contributed by atoms with Gasteiger partial charge in [0.2, 0.25) is 0 Å². The molecule has 6 nitrogen and oxygen atoms in total. The van der Waals surface area contributed by atoms with E-state index in [0.717, 1.165) is 22.5 Å². The van der Waals surface area contributed by atoms with Crippen molar-refractivity contribution in [3.8, 4) is 22.5 Å². The van der Waals surface area contributed by atoms with Gasteiger partial charge in [-0.3, -0.25) is 20.2 Å². The summed E-state index contributed by atoms with van der Waals surface area (Å²) in [5, 5.41) is 10.5. The molecule has 2 N–H and O–H groups in total. The Bertz CT molecular complexity index is 1520. The van der Waals surface area contributed by atoms with Gasteiger partial charge in [-0.15, -0.1) is 22.7 Å². The molecule has 5 aromatic rings. The molecular weight excluding hydrogens is 537 g/mol. The quantitative estimate of drug-likeness (QED) is 0.197. The van der Waals surface area contributed by atoms with Crippen molar-refractivity contribution in [3.63, 3.8) is 0 Å². The number of anilines is 2. The normalized spacial score (nSPS) is 11.2. The van der Waals surface area contributed by atoms with Crippen LogP contribution in [0.4, 0.5) is 10.3 Å². The zero-order valence-electron chi connectivity index (χ0n) is 22.8. The second kappa shape index (κ2) is 11.9. The van der Waals surface area contributed by atoms with Crippen LogP contribution in [0.15, 0.2) is 83.6 Å². The fraction of sp³-hybridized carbons (Fsp3) is 0.188. The molecule has 0 aliphatic carbocycles. The largest absolute Gasteiger partial charge is 0.298 e. The summed E-state index contributed by atoms with van der Waals surface area (Å²) < 4.78 is 0. The van der Waals surface area contributed by atoms with Crippen LogP contribution in [0.3, 0.4) is 0 Å². The third-order valence-corrected chi connectivity index (χ3v) is 8.10.